The highest BCUT2D eigenvalue weighted by Gasteiger charge is 2.23. The van der Waals surface area contributed by atoms with E-state index < -0.39 is 11.4 Å². The number of morpholine rings is 1. The molecule has 0 amide bonds. The molecular weight excluding hydrogens is 441 g/mol. The Labute approximate surface area is 194 Å². The number of fused-ring (bicyclic) bond motifs is 1. The van der Waals surface area contributed by atoms with E-state index in [4.69, 9.17) is 4.74 Å². The molecule has 0 saturated carbocycles. The first kappa shape index (κ1) is 21.4. The summed E-state index contributed by atoms with van der Waals surface area (Å²) in [6, 6.07) is 7.52. The second kappa shape index (κ2) is 8.83. The van der Waals surface area contributed by atoms with Gasteiger partial charge in [0.15, 0.2) is 11.4 Å². The van der Waals surface area contributed by atoms with E-state index in [-0.39, 0.29) is 0 Å². The molecule has 33 heavy (non-hydrogen) atoms. The largest absolute Gasteiger partial charge is 0.378 e. The number of aliphatic hydroxyl groups is 1. The van der Waals surface area contributed by atoms with E-state index in [1.165, 1.54) is 17.5 Å². The second-order valence-electron chi connectivity index (χ2n) is 7.84. The summed E-state index contributed by atoms with van der Waals surface area (Å²) in [6.45, 7) is 4.34. The SMILES string of the molecule is CC(O)(C#Cc1ccc(N2CCOCC2)c(Nc2c(F)cnc3[nH]ccc23)c1)c1nccs1. The molecule has 7 nitrogen and oxygen atoms in total. The monoisotopic (exact) mass is 463 g/mol. The third kappa shape index (κ3) is 4.41. The summed E-state index contributed by atoms with van der Waals surface area (Å²) in [4.78, 5) is 13.5. The van der Waals surface area contributed by atoms with Crippen molar-refractivity contribution in [3.63, 3.8) is 0 Å². The topological polar surface area (TPSA) is 86.3 Å². The highest BCUT2D eigenvalue weighted by molar-refractivity contribution is 7.09. The van der Waals surface area contributed by atoms with Crippen LogP contribution in [-0.2, 0) is 10.3 Å². The molecule has 5 rings (SSSR count). The molecule has 4 aromatic rings. The standard InChI is InChI=1S/C24H22FN5O2S/c1-24(31,23-27-8-13-33-23)6-4-16-2-3-20(30-9-11-32-12-10-30)19(14-16)29-21-17-5-7-26-22(17)28-15-18(21)25/h2-3,5,7-8,13-15,31H,9-12H2,1H3,(H2,26,28,29). The van der Waals surface area contributed by atoms with Crippen molar-refractivity contribution in [1.29, 1.82) is 0 Å². The molecule has 9 heteroatoms. The fraction of sp³-hybridized carbons (Fsp3) is 0.250. The number of H-pyrrole nitrogens is 1. The Morgan fingerprint density at radius 2 is 2.12 bits per heavy atom. The number of hydrogen-bond acceptors (Lipinski definition) is 7. The van der Waals surface area contributed by atoms with E-state index in [1.807, 2.05) is 18.2 Å². The number of ether oxygens (including phenoxy) is 1. The van der Waals surface area contributed by atoms with Gasteiger partial charge in [0, 0.05) is 41.8 Å². The van der Waals surface area contributed by atoms with Gasteiger partial charge in [-0.25, -0.2) is 14.4 Å². The highest BCUT2D eigenvalue weighted by Crippen LogP contribution is 2.34. The molecule has 3 N–H and O–H groups in total. The van der Waals surface area contributed by atoms with E-state index in [1.54, 1.807) is 30.8 Å². The summed E-state index contributed by atoms with van der Waals surface area (Å²) in [6.07, 6.45) is 4.57. The predicted octanol–water partition coefficient (Wildman–Crippen LogP) is 4.00. The van der Waals surface area contributed by atoms with Crippen LogP contribution in [0, 0.1) is 17.7 Å². The number of nitrogens with one attached hydrogen (secondary N) is 2. The number of benzene rings is 1. The zero-order chi connectivity index (χ0) is 22.8. The number of aromatic nitrogens is 3. The lowest BCUT2D eigenvalue weighted by atomic mass is 10.1. The fourth-order valence-corrected chi connectivity index (χ4v) is 4.40. The van der Waals surface area contributed by atoms with Crippen molar-refractivity contribution >= 4 is 39.4 Å². The van der Waals surface area contributed by atoms with Crippen LogP contribution in [0.2, 0.25) is 0 Å². The number of pyridine rings is 1. The van der Waals surface area contributed by atoms with Gasteiger partial charge < -0.3 is 25.0 Å². The van der Waals surface area contributed by atoms with Gasteiger partial charge in [-0.3, -0.25) is 0 Å². The van der Waals surface area contributed by atoms with E-state index in [9.17, 15) is 9.50 Å². The molecule has 1 aliphatic heterocycles. The van der Waals surface area contributed by atoms with Crippen molar-refractivity contribution in [2.75, 3.05) is 36.5 Å². The minimum atomic E-state index is -1.36. The Bertz CT molecular complexity index is 1330. The third-order valence-corrected chi connectivity index (χ3v) is 6.43. The Morgan fingerprint density at radius 3 is 2.91 bits per heavy atom. The Kier molecular flexibility index (Phi) is 5.72. The summed E-state index contributed by atoms with van der Waals surface area (Å²) in [7, 11) is 0. The van der Waals surface area contributed by atoms with Crippen molar-refractivity contribution in [1.82, 2.24) is 15.0 Å². The predicted molar refractivity (Wildman–Crippen MR) is 127 cm³/mol. The summed E-state index contributed by atoms with van der Waals surface area (Å²) in [5.74, 6) is 5.51. The second-order valence-corrected chi connectivity index (χ2v) is 8.73. The molecule has 0 spiro atoms. The molecule has 168 valence electrons. The van der Waals surface area contributed by atoms with Crippen LogP contribution in [0.25, 0.3) is 11.0 Å². The first-order chi connectivity index (χ1) is 16.0. The van der Waals surface area contributed by atoms with E-state index in [0.717, 1.165) is 18.8 Å². The van der Waals surface area contributed by atoms with Gasteiger partial charge in [0.2, 0.25) is 0 Å². The molecule has 0 radical (unpaired) electrons. The number of hydrogen-bond donors (Lipinski definition) is 3. The van der Waals surface area contributed by atoms with Crippen LogP contribution >= 0.6 is 11.3 Å². The quantitative estimate of drug-likeness (QED) is 0.397. The van der Waals surface area contributed by atoms with Gasteiger partial charge in [-0.05, 0) is 31.2 Å². The van der Waals surface area contributed by atoms with Gasteiger partial charge in [0.1, 0.15) is 10.7 Å². The zero-order valence-electron chi connectivity index (χ0n) is 17.9. The van der Waals surface area contributed by atoms with E-state index >= 15 is 0 Å². The van der Waals surface area contributed by atoms with Crippen molar-refractivity contribution in [2.45, 2.75) is 12.5 Å². The van der Waals surface area contributed by atoms with Crippen LogP contribution in [0.5, 0.6) is 0 Å². The van der Waals surface area contributed by atoms with Crippen molar-refractivity contribution in [2.24, 2.45) is 0 Å². The van der Waals surface area contributed by atoms with Gasteiger partial charge >= 0.3 is 0 Å². The number of rotatable bonds is 4. The highest BCUT2D eigenvalue weighted by atomic mass is 32.1. The molecule has 1 aromatic carbocycles. The molecule has 1 saturated heterocycles. The van der Waals surface area contributed by atoms with Gasteiger partial charge in [0.05, 0.1) is 36.5 Å². The Hall–Kier alpha value is -3.45. The lowest BCUT2D eigenvalue weighted by Crippen LogP contribution is -2.36. The van der Waals surface area contributed by atoms with Gasteiger partial charge in [-0.2, -0.15) is 0 Å². The first-order valence-electron chi connectivity index (χ1n) is 10.5. The Morgan fingerprint density at radius 1 is 1.27 bits per heavy atom. The van der Waals surface area contributed by atoms with Crippen LogP contribution in [0.3, 0.4) is 0 Å². The summed E-state index contributed by atoms with van der Waals surface area (Å²) < 4.78 is 20.3. The molecule has 1 fully saturated rings. The summed E-state index contributed by atoms with van der Waals surface area (Å²) in [5, 5.41) is 17.0. The van der Waals surface area contributed by atoms with Crippen molar-refractivity contribution in [3.05, 3.63) is 64.6 Å². The van der Waals surface area contributed by atoms with Crippen LogP contribution in [-0.4, -0.2) is 46.4 Å². The zero-order valence-corrected chi connectivity index (χ0v) is 18.7. The average molecular weight is 464 g/mol. The molecule has 0 aliphatic carbocycles. The molecular formula is C24H22FN5O2S. The Balaban J connectivity index is 1.55. The maximum atomic E-state index is 14.8. The number of aromatic amines is 1. The van der Waals surface area contributed by atoms with Crippen LogP contribution < -0.4 is 10.2 Å². The first-order valence-corrected chi connectivity index (χ1v) is 11.4. The maximum Gasteiger partial charge on any atom is 0.174 e. The average Bonchev–Trinajstić information content (AvgIpc) is 3.53. The summed E-state index contributed by atoms with van der Waals surface area (Å²) in [5.41, 5.74) is 1.91. The van der Waals surface area contributed by atoms with Crippen molar-refractivity contribution in [3.8, 4) is 11.8 Å². The lowest BCUT2D eigenvalue weighted by molar-refractivity contribution is 0.121. The van der Waals surface area contributed by atoms with Crippen LogP contribution in [0.15, 0.2) is 48.2 Å². The molecule has 0 bridgehead atoms. The number of nitrogens with zero attached hydrogens (tertiary/aromatic N) is 3. The van der Waals surface area contributed by atoms with Crippen molar-refractivity contribution < 1.29 is 14.2 Å². The molecule has 1 atom stereocenters. The smallest absolute Gasteiger partial charge is 0.174 e. The normalized spacial score (nSPS) is 15.7. The van der Waals surface area contributed by atoms with Crippen LogP contribution in [0.4, 0.5) is 21.5 Å². The van der Waals surface area contributed by atoms with E-state index in [0.29, 0.717) is 46.2 Å². The van der Waals surface area contributed by atoms with Crippen LogP contribution in [0.1, 0.15) is 17.5 Å². The van der Waals surface area contributed by atoms with E-state index in [2.05, 4.69) is 37.0 Å². The van der Waals surface area contributed by atoms with Gasteiger partial charge in [-0.15, -0.1) is 11.3 Å². The number of thiazole rings is 1. The number of halogens is 1. The molecule has 3 aromatic heterocycles. The lowest BCUT2D eigenvalue weighted by Gasteiger charge is -2.31. The van der Waals surface area contributed by atoms with Gasteiger partial charge in [0.25, 0.3) is 0 Å². The summed E-state index contributed by atoms with van der Waals surface area (Å²) >= 11 is 1.35. The fourth-order valence-electron chi connectivity index (χ4n) is 3.75. The molecule has 4 heterocycles. The maximum absolute atomic E-state index is 14.8. The molecule has 1 aliphatic rings. The minimum absolute atomic E-state index is 0.343. The van der Waals surface area contributed by atoms with Gasteiger partial charge in [-0.1, -0.05) is 11.8 Å². The third-order valence-electron chi connectivity index (χ3n) is 5.45. The minimum Gasteiger partial charge on any atom is -0.378 e. The molecule has 1 unspecified atom stereocenters. The number of anilines is 3.